The van der Waals surface area contributed by atoms with Crippen molar-refractivity contribution in [3.63, 3.8) is 0 Å². The molecule has 120 valence electrons. The molecule has 2 aliphatic rings. The highest BCUT2D eigenvalue weighted by molar-refractivity contribution is 5.92. The molecule has 2 amide bonds. The Hall–Kier alpha value is -1.85. The van der Waals surface area contributed by atoms with Crippen LogP contribution in [0.3, 0.4) is 0 Å². The summed E-state index contributed by atoms with van der Waals surface area (Å²) in [5.41, 5.74) is 1.27. The predicted molar refractivity (Wildman–Crippen MR) is 82.5 cm³/mol. The number of aromatic nitrogens is 2. The van der Waals surface area contributed by atoms with Gasteiger partial charge in [0.1, 0.15) is 5.69 Å². The zero-order valence-electron chi connectivity index (χ0n) is 13.5. The fourth-order valence-electron chi connectivity index (χ4n) is 2.74. The Balaban J connectivity index is 1.57. The zero-order valence-corrected chi connectivity index (χ0v) is 13.5. The summed E-state index contributed by atoms with van der Waals surface area (Å²) < 4.78 is 0. The molecule has 1 aromatic rings. The summed E-state index contributed by atoms with van der Waals surface area (Å²) in [6, 6.07) is 1.89. The van der Waals surface area contributed by atoms with Crippen LogP contribution in [0, 0.1) is 5.41 Å². The Morgan fingerprint density at radius 3 is 2.77 bits per heavy atom. The number of H-pyrrole nitrogens is 1. The first kappa shape index (κ1) is 15.1. The van der Waals surface area contributed by atoms with Crippen LogP contribution in [0.25, 0.3) is 0 Å². The first-order chi connectivity index (χ1) is 10.4. The lowest BCUT2D eigenvalue weighted by atomic mass is 10.1. The maximum Gasteiger partial charge on any atom is 0.274 e. The van der Waals surface area contributed by atoms with Gasteiger partial charge >= 0.3 is 0 Å². The normalized spacial score (nSPS) is 22.9. The third-order valence-corrected chi connectivity index (χ3v) is 4.80. The van der Waals surface area contributed by atoms with E-state index in [9.17, 15) is 9.59 Å². The summed E-state index contributed by atoms with van der Waals surface area (Å²) in [4.78, 5) is 26.3. The summed E-state index contributed by atoms with van der Waals surface area (Å²) >= 11 is 0. The first-order valence-corrected chi connectivity index (χ1v) is 8.04. The van der Waals surface area contributed by atoms with Crippen molar-refractivity contribution in [3.05, 3.63) is 17.5 Å². The van der Waals surface area contributed by atoms with E-state index in [0.717, 1.165) is 25.0 Å². The molecule has 1 aromatic heterocycles. The molecule has 1 atom stereocenters. The van der Waals surface area contributed by atoms with Gasteiger partial charge in [0.2, 0.25) is 5.91 Å². The van der Waals surface area contributed by atoms with Crippen molar-refractivity contribution in [2.24, 2.45) is 5.41 Å². The van der Waals surface area contributed by atoms with E-state index in [1.807, 2.05) is 13.0 Å². The van der Waals surface area contributed by atoms with E-state index in [1.165, 1.54) is 0 Å². The van der Waals surface area contributed by atoms with Crippen molar-refractivity contribution in [1.82, 2.24) is 20.4 Å². The Morgan fingerprint density at radius 2 is 2.18 bits per heavy atom. The second kappa shape index (κ2) is 5.41. The third-order valence-electron chi connectivity index (χ3n) is 4.80. The highest BCUT2D eigenvalue weighted by atomic mass is 16.2. The van der Waals surface area contributed by atoms with Gasteiger partial charge in [0, 0.05) is 30.2 Å². The molecule has 3 rings (SSSR count). The van der Waals surface area contributed by atoms with Crippen molar-refractivity contribution in [1.29, 1.82) is 0 Å². The first-order valence-electron chi connectivity index (χ1n) is 8.04. The number of aromatic amines is 1. The summed E-state index contributed by atoms with van der Waals surface area (Å²) in [6.07, 6.45) is 2.76. The van der Waals surface area contributed by atoms with Crippen LogP contribution in [-0.4, -0.2) is 46.0 Å². The molecule has 2 heterocycles. The lowest BCUT2D eigenvalue weighted by Crippen LogP contribution is -2.41. The lowest BCUT2D eigenvalue weighted by Gasteiger charge is -2.17. The molecule has 1 aliphatic heterocycles. The summed E-state index contributed by atoms with van der Waals surface area (Å²) in [6.45, 7) is 7.36. The second-order valence-corrected chi connectivity index (χ2v) is 7.13. The minimum atomic E-state index is -0.161. The molecule has 0 bridgehead atoms. The molecular formula is C16H24N4O2. The number of hydrogen-bond acceptors (Lipinski definition) is 3. The number of hydrogen-bond donors (Lipinski definition) is 2. The minimum Gasteiger partial charge on any atom is -0.351 e. The van der Waals surface area contributed by atoms with Crippen LogP contribution in [0.1, 0.15) is 62.1 Å². The van der Waals surface area contributed by atoms with Crippen LogP contribution in [0.15, 0.2) is 6.07 Å². The minimum absolute atomic E-state index is 0.0578. The number of carbonyl (C=O) groups is 2. The third kappa shape index (κ3) is 2.87. The fraction of sp³-hybridized carbons (Fsp3) is 0.688. The standard InChI is InChI=1S/C16H24N4O2/c1-10(2)12-8-13(19-18-12)14(21)20-7-4-11(9-20)17-15(22)16(3)5-6-16/h8,10-11H,4-7,9H2,1-3H3,(H,17,22)(H,18,19)/t11-/m1/s1. The van der Waals surface area contributed by atoms with Gasteiger partial charge in [-0.05, 0) is 31.2 Å². The summed E-state index contributed by atoms with van der Waals surface area (Å²) in [5, 5.41) is 10.1. The summed E-state index contributed by atoms with van der Waals surface area (Å²) in [7, 11) is 0. The highest BCUT2D eigenvalue weighted by Gasteiger charge is 2.45. The molecule has 6 nitrogen and oxygen atoms in total. The number of nitrogens with zero attached hydrogens (tertiary/aromatic N) is 2. The largest absolute Gasteiger partial charge is 0.351 e. The van der Waals surface area contributed by atoms with Gasteiger partial charge in [-0.1, -0.05) is 20.8 Å². The average molecular weight is 304 g/mol. The van der Waals surface area contributed by atoms with E-state index in [0.29, 0.717) is 24.7 Å². The summed E-state index contributed by atoms with van der Waals surface area (Å²) in [5.74, 6) is 0.394. The van der Waals surface area contributed by atoms with Crippen molar-refractivity contribution in [2.45, 2.75) is 52.0 Å². The fourth-order valence-corrected chi connectivity index (χ4v) is 2.74. The quantitative estimate of drug-likeness (QED) is 0.888. The molecular weight excluding hydrogens is 280 g/mol. The van der Waals surface area contributed by atoms with Gasteiger partial charge in [-0.25, -0.2) is 0 Å². The average Bonchev–Trinajstić information content (AvgIpc) is 2.95. The molecule has 1 saturated carbocycles. The topological polar surface area (TPSA) is 78.1 Å². The lowest BCUT2D eigenvalue weighted by molar-refractivity contribution is -0.126. The molecule has 2 fully saturated rings. The van der Waals surface area contributed by atoms with Gasteiger partial charge in [-0.2, -0.15) is 5.10 Å². The van der Waals surface area contributed by atoms with Gasteiger partial charge < -0.3 is 10.2 Å². The van der Waals surface area contributed by atoms with E-state index in [-0.39, 0.29) is 23.3 Å². The van der Waals surface area contributed by atoms with Crippen LogP contribution in [0.2, 0.25) is 0 Å². The molecule has 0 radical (unpaired) electrons. The highest BCUT2D eigenvalue weighted by Crippen LogP contribution is 2.45. The van der Waals surface area contributed by atoms with E-state index in [1.54, 1.807) is 4.90 Å². The van der Waals surface area contributed by atoms with Crippen LogP contribution in [0.4, 0.5) is 0 Å². The number of amides is 2. The molecule has 6 heteroatoms. The van der Waals surface area contributed by atoms with Crippen molar-refractivity contribution >= 4 is 11.8 Å². The monoisotopic (exact) mass is 304 g/mol. The van der Waals surface area contributed by atoms with Gasteiger partial charge in [-0.15, -0.1) is 0 Å². The van der Waals surface area contributed by atoms with Crippen LogP contribution >= 0.6 is 0 Å². The van der Waals surface area contributed by atoms with Gasteiger partial charge in [0.05, 0.1) is 0 Å². The van der Waals surface area contributed by atoms with E-state index < -0.39 is 0 Å². The second-order valence-electron chi connectivity index (χ2n) is 7.13. The Kier molecular flexibility index (Phi) is 3.70. The van der Waals surface area contributed by atoms with Crippen molar-refractivity contribution in [2.75, 3.05) is 13.1 Å². The molecule has 1 aliphatic carbocycles. The Bertz CT molecular complexity index is 589. The van der Waals surface area contributed by atoms with Crippen LogP contribution in [0.5, 0.6) is 0 Å². The Morgan fingerprint density at radius 1 is 1.45 bits per heavy atom. The number of nitrogens with one attached hydrogen (secondary N) is 2. The molecule has 22 heavy (non-hydrogen) atoms. The molecule has 2 N–H and O–H groups in total. The van der Waals surface area contributed by atoms with Gasteiger partial charge in [0.15, 0.2) is 0 Å². The van der Waals surface area contributed by atoms with Crippen LogP contribution < -0.4 is 5.32 Å². The zero-order chi connectivity index (χ0) is 15.9. The number of rotatable bonds is 4. The van der Waals surface area contributed by atoms with Crippen molar-refractivity contribution in [3.8, 4) is 0 Å². The van der Waals surface area contributed by atoms with E-state index >= 15 is 0 Å². The molecule has 0 spiro atoms. The molecule has 0 aromatic carbocycles. The molecule has 0 unspecified atom stereocenters. The van der Waals surface area contributed by atoms with E-state index in [2.05, 4.69) is 29.4 Å². The molecule has 1 saturated heterocycles. The maximum absolute atomic E-state index is 12.5. The van der Waals surface area contributed by atoms with Crippen LogP contribution in [-0.2, 0) is 4.79 Å². The predicted octanol–water partition coefficient (Wildman–Crippen LogP) is 1.66. The maximum atomic E-state index is 12.5. The van der Waals surface area contributed by atoms with E-state index in [4.69, 9.17) is 0 Å². The van der Waals surface area contributed by atoms with Gasteiger partial charge in [0.25, 0.3) is 5.91 Å². The Labute approximate surface area is 130 Å². The smallest absolute Gasteiger partial charge is 0.274 e. The SMILES string of the molecule is CC(C)c1cc(C(=O)N2CC[C@@H](NC(=O)C3(C)CC3)C2)n[nH]1. The number of likely N-dealkylation sites (tertiary alicyclic amines) is 1. The number of carbonyl (C=O) groups excluding carboxylic acids is 2. The van der Waals surface area contributed by atoms with Crippen molar-refractivity contribution < 1.29 is 9.59 Å². The van der Waals surface area contributed by atoms with Gasteiger partial charge in [-0.3, -0.25) is 14.7 Å².